The Hall–Kier alpha value is -1.56. The fourth-order valence-electron chi connectivity index (χ4n) is 2.97. The average molecular weight is 335 g/mol. The van der Waals surface area contributed by atoms with Gasteiger partial charge in [0.15, 0.2) is 5.96 Å². The van der Waals surface area contributed by atoms with E-state index in [1.807, 2.05) is 18.7 Å². The predicted molar refractivity (Wildman–Crippen MR) is 98.3 cm³/mol. The van der Waals surface area contributed by atoms with Crippen molar-refractivity contribution in [1.82, 2.24) is 20.2 Å². The van der Waals surface area contributed by atoms with E-state index in [2.05, 4.69) is 32.1 Å². The number of nitrogens with one attached hydrogen (secondary N) is 2. The van der Waals surface area contributed by atoms with E-state index >= 15 is 0 Å². The van der Waals surface area contributed by atoms with Crippen molar-refractivity contribution in [2.24, 2.45) is 4.99 Å². The van der Waals surface area contributed by atoms with E-state index in [1.54, 1.807) is 0 Å². The van der Waals surface area contributed by atoms with Gasteiger partial charge in [-0.15, -0.1) is 0 Å². The fraction of sp³-hybridized carbons (Fsp3) is 0.778. The van der Waals surface area contributed by atoms with Gasteiger partial charge in [-0.05, 0) is 32.6 Å². The molecule has 1 aliphatic rings. The summed E-state index contributed by atoms with van der Waals surface area (Å²) in [6.07, 6.45) is 14.7. The third-order valence-corrected chi connectivity index (χ3v) is 4.27. The Bertz CT molecular complexity index is 440. The Kier molecular flexibility index (Phi) is 9.31. The van der Waals surface area contributed by atoms with Crippen molar-refractivity contribution in [2.45, 2.75) is 64.5 Å². The van der Waals surface area contributed by atoms with E-state index in [1.165, 1.54) is 32.1 Å². The van der Waals surface area contributed by atoms with Crippen molar-refractivity contribution in [1.29, 1.82) is 0 Å². The number of aromatic nitrogens is 2. The molecule has 1 heterocycles. The minimum Gasteiger partial charge on any atom is -0.378 e. The van der Waals surface area contributed by atoms with Gasteiger partial charge in [-0.25, -0.2) is 4.98 Å². The molecule has 1 fully saturated rings. The maximum atomic E-state index is 5.96. The minimum atomic E-state index is 0.504. The SMILES string of the molecule is CCNC(=NCCCn1ccnc1)NCCCOC1CCCCC1. The van der Waals surface area contributed by atoms with Gasteiger partial charge in [0.1, 0.15) is 0 Å². The third kappa shape index (κ3) is 7.81. The van der Waals surface area contributed by atoms with Crippen LogP contribution in [0.2, 0.25) is 0 Å². The molecule has 1 aromatic rings. The highest BCUT2D eigenvalue weighted by Crippen LogP contribution is 2.20. The van der Waals surface area contributed by atoms with Crippen LogP contribution in [-0.2, 0) is 11.3 Å². The van der Waals surface area contributed by atoms with Crippen molar-refractivity contribution in [3.8, 4) is 0 Å². The van der Waals surface area contributed by atoms with Gasteiger partial charge in [0, 0.05) is 45.2 Å². The highest BCUT2D eigenvalue weighted by atomic mass is 16.5. The van der Waals surface area contributed by atoms with Crippen LogP contribution in [0.25, 0.3) is 0 Å². The lowest BCUT2D eigenvalue weighted by molar-refractivity contribution is 0.0277. The Labute approximate surface area is 146 Å². The second kappa shape index (κ2) is 11.9. The van der Waals surface area contributed by atoms with Gasteiger partial charge in [0.2, 0.25) is 0 Å². The maximum Gasteiger partial charge on any atom is 0.191 e. The average Bonchev–Trinajstić information content (AvgIpc) is 3.12. The summed E-state index contributed by atoms with van der Waals surface area (Å²) in [7, 11) is 0. The molecule has 1 aromatic heterocycles. The van der Waals surface area contributed by atoms with E-state index < -0.39 is 0 Å². The van der Waals surface area contributed by atoms with Gasteiger partial charge in [0.05, 0.1) is 12.4 Å². The molecule has 0 radical (unpaired) electrons. The van der Waals surface area contributed by atoms with Gasteiger partial charge in [-0.3, -0.25) is 4.99 Å². The van der Waals surface area contributed by atoms with Crippen LogP contribution in [0.1, 0.15) is 51.9 Å². The van der Waals surface area contributed by atoms with Crippen LogP contribution in [-0.4, -0.2) is 47.9 Å². The normalized spacial score (nSPS) is 16.3. The summed E-state index contributed by atoms with van der Waals surface area (Å²) in [5, 5.41) is 6.69. The topological polar surface area (TPSA) is 63.5 Å². The van der Waals surface area contributed by atoms with Crippen LogP contribution in [0.5, 0.6) is 0 Å². The van der Waals surface area contributed by atoms with E-state index in [0.717, 1.165) is 51.6 Å². The van der Waals surface area contributed by atoms with Gasteiger partial charge in [-0.1, -0.05) is 19.3 Å². The zero-order valence-corrected chi connectivity index (χ0v) is 15.0. The number of rotatable bonds is 10. The molecule has 2 rings (SSSR count). The van der Waals surface area contributed by atoms with Gasteiger partial charge in [0.25, 0.3) is 0 Å². The number of ether oxygens (including phenoxy) is 1. The van der Waals surface area contributed by atoms with Crippen molar-refractivity contribution in [2.75, 3.05) is 26.2 Å². The molecule has 0 aliphatic heterocycles. The molecule has 24 heavy (non-hydrogen) atoms. The van der Waals surface area contributed by atoms with E-state index in [-0.39, 0.29) is 0 Å². The molecule has 0 unspecified atom stereocenters. The highest BCUT2D eigenvalue weighted by Gasteiger charge is 2.12. The van der Waals surface area contributed by atoms with Crippen LogP contribution in [0.4, 0.5) is 0 Å². The standard InChI is InChI=1S/C18H33N5O/c1-2-20-18(21-10-6-13-23-14-12-19-16-23)22-11-7-15-24-17-8-4-3-5-9-17/h12,14,16-17H,2-11,13,15H2,1H3,(H2,20,21,22). The first-order valence-electron chi connectivity index (χ1n) is 9.48. The second-order valence-electron chi connectivity index (χ2n) is 6.33. The van der Waals surface area contributed by atoms with Crippen LogP contribution in [0, 0.1) is 0 Å². The summed E-state index contributed by atoms with van der Waals surface area (Å²) in [6, 6.07) is 0. The maximum absolute atomic E-state index is 5.96. The number of aryl methyl sites for hydroxylation is 1. The second-order valence-corrected chi connectivity index (χ2v) is 6.33. The number of nitrogens with zero attached hydrogens (tertiary/aromatic N) is 3. The molecule has 0 amide bonds. The molecule has 6 heteroatoms. The first-order chi connectivity index (χ1) is 11.9. The Balaban J connectivity index is 1.54. The van der Waals surface area contributed by atoms with Crippen molar-refractivity contribution in [3.05, 3.63) is 18.7 Å². The summed E-state index contributed by atoms with van der Waals surface area (Å²) in [5.41, 5.74) is 0. The predicted octanol–water partition coefficient (Wildman–Crippen LogP) is 2.57. The fourth-order valence-corrected chi connectivity index (χ4v) is 2.97. The Morgan fingerprint density at radius 2 is 2.12 bits per heavy atom. The molecular formula is C18H33N5O. The van der Waals surface area contributed by atoms with Crippen LogP contribution < -0.4 is 10.6 Å². The number of hydrogen-bond acceptors (Lipinski definition) is 3. The molecule has 136 valence electrons. The van der Waals surface area contributed by atoms with E-state index in [0.29, 0.717) is 6.10 Å². The van der Waals surface area contributed by atoms with Crippen LogP contribution in [0.3, 0.4) is 0 Å². The van der Waals surface area contributed by atoms with Crippen molar-refractivity contribution < 1.29 is 4.74 Å². The zero-order chi connectivity index (χ0) is 16.9. The van der Waals surface area contributed by atoms with Gasteiger partial charge < -0.3 is 19.9 Å². The lowest BCUT2D eigenvalue weighted by Crippen LogP contribution is -2.38. The van der Waals surface area contributed by atoms with Gasteiger partial charge in [-0.2, -0.15) is 0 Å². The monoisotopic (exact) mass is 335 g/mol. The third-order valence-electron chi connectivity index (χ3n) is 4.27. The molecule has 6 nitrogen and oxygen atoms in total. The van der Waals surface area contributed by atoms with Crippen LogP contribution >= 0.6 is 0 Å². The van der Waals surface area contributed by atoms with Crippen molar-refractivity contribution in [3.63, 3.8) is 0 Å². The smallest absolute Gasteiger partial charge is 0.191 e. The first-order valence-corrected chi connectivity index (χ1v) is 9.48. The van der Waals surface area contributed by atoms with Gasteiger partial charge >= 0.3 is 0 Å². The molecular weight excluding hydrogens is 302 g/mol. The van der Waals surface area contributed by atoms with Crippen molar-refractivity contribution >= 4 is 5.96 Å². The summed E-state index contributed by atoms with van der Waals surface area (Å²) >= 11 is 0. The molecule has 0 bridgehead atoms. The van der Waals surface area contributed by atoms with E-state index in [9.17, 15) is 0 Å². The minimum absolute atomic E-state index is 0.504. The zero-order valence-electron chi connectivity index (χ0n) is 15.0. The molecule has 2 N–H and O–H groups in total. The Morgan fingerprint density at radius 3 is 2.88 bits per heavy atom. The molecule has 1 aliphatic carbocycles. The molecule has 0 saturated heterocycles. The number of aliphatic imine (C=N–C) groups is 1. The highest BCUT2D eigenvalue weighted by molar-refractivity contribution is 5.79. The summed E-state index contributed by atoms with van der Waals surface area (Å²) in [6.45, 7) is 6.49. The summed E-state index contributed by atoms with van der Waals surface area (Å²) in [4.78, 5) is 8.67. The number of guanidine groups is 1. The number of imidazole rings is 1. The first kappa shape index (κ1) is 18.8. The summed E-state index contributed by atoms with van der Waals surface area (Å²) in [5.74, 6) is 0.904. The molecule has 0 atom stereocenters. The van der Waals surface area contributed by atoms with E-state index in [4.69, 9.17) is 4.74 Å². The molecule has 0 spiro atoms. The molecule has 0 aromatic carbocycles. The Morgan fingerprint density at radius 1 is 1.25 bits per heavy atom. The lowest BCUT2D eigenvalue weighted by Gasteiger charge is -2.22. The molecule has 1 saturated carbocycles. The largest absolute Gasteiger partial charge is 0.378 e. The quantitative estimate of drug-likeness (QED) is 0.392. The lowest BCUT2D eigenvalue weighted by atomic mass is 9.98. The number of hydrogen-bond donors (Lipinski definition) is 2. The summed E-state index contributed by atoms with van der Waals surface area (Å²) < 4.78 is 8.04. The van der Waals surface area contributed by atoms with Crippen LogP contribution in [0.15, 0.2) is 23.7 Å².